The van der Waals surface area contributed by atoms with Crippen molar-refractivity contribution in [3.05, 3.63) is 35.9 Å². The second kappa shape index (κ2) is 6.52. The van der Waals surface area contributed by atoms with Gasteiger partial charge in [-0.3, -0.25) is 9.59 Å². The summed E-state index contributed by atoms with van der Waals surface area (Å²) in [4.78, 5) is 23.4. The molecule has 1 aromatic rings. The van der Waals surface area contributed by atoms with Gasteiger partial charge in [-0.1, -0.05) is 36.8 Å². The predicted molar refractivity (Wildman–Crippen MR) is 73.1 cm³/mol. The molecule has 3 atom stereocenters. The highest BCUT2D eigenvalue weighted by atomic mass is 16.5. The van der Waals surface area contributed by atoms with Gasteiger partial charge in [0.25, 0.3) is 5.91 Å². The van der Waals surface area contributed by atoms with Gasteiger partial charge >= 0.3 is 5.97 Å². The van der Waals surface area contributed by atoms with Crippen molar-refractivity contribution in [2.24, 2.45) is 5.92 Å². The summed E-state index contributed by atoms with van der Waals surface area (Å²) in [6.07, 6.45) is 1.44. The second-order valence-corrected chi connectivity index (χ2v) is 5.02. The van der Waals surface area contributed by atoms with Gasteiger partial charge in [0, 0.05) is 13.2 Å². The van der Waals surface area contributed by atoms with E-state index in [0.717, 1.165) is 12.0 Å². The van der Waals surface area contributed by atoms with Crippen LogP contribution in [0.15, 0.2) is 30.3 Å². The summed E-state index contributed by atoms with van der Waals surface area (Å²) in [5.41, 5.74) is 0.761. The molecule has 1 amide bonds. The predicted octanol–water partition coefficient (Wildman–Crippen LogP) is 1.74. The molecule has 1 aromatic carbocycles. The van der Waals surface area contributed by atoms with Gasteiger partial charge in [-0.2, -0.15) is 0 Å². The molecule has 20 heavy (non-hydrogen) atoms. The third-order valence-electron chi connectivity index (χ3n) is 3.74. The van der Waals surface area contributed by atoms with Gasteiger partial charge in [0.05, 0.1) is 5.92 Å². The normalized spacial score (nSPS) is 23.2. The Morgan fingerprint density at radius 3 is 2.60 bits per heavy atom. The van der Waals surface area contributed by atoms with Crippen LogP contribution in [0.4, 0.5) is 0 Å². The zero-order chi connectivity index (χ0) is 14.5. The molecule has 2 N–H and O–H groups in total. The highest BCUT2D eigenvalue weighted by molar-refractivity contribution is 5.83. The average Bonchev–Trinajstić information content (AvgIpc) is 2.89. The Morgan fingerprint density at radius 1 is 1.30 bits per heavy atom. The summed E-state index contributed by atoms with van der Waals surface area (Å²) in [6.45, 7) is 0. The number of benzene rings is 1. The van der Waals surface area contributed by atoms with E-state index < -0.39 is 18.0 Å². The van der Waals surface area contributed by atoms with Gasteiger partial charge in [0.15, 0.2) is 6.10 Å². The number of ether oxygens (including phenoxy) is 1. The first-order valence-electron chi connectivity index (χ1n) is 6.74. The highest BCUT2D eigenvalue weighted by Gasteiger charge is 2.35. The van der Waals surface area contributed by atoms with Crippen molar-refractivity contribution in [2.45, 2.75) is 31.4 Å². The summed E-state index contributed by atoms with van der Waals surface area (Å²) in [5, 5.41) is 11.9. The third kappa shape index (κ3) is 3.17. The molecular formula is C15H19NO4. The van der Waals surface area contributed by atoms with Crippen LogP contribution in [-0.4, -0.2) is 30.1 Å². The van der Waals surface area contributed by atoms with Crippen LogP contribution in [-0.2, 0) is 14.3 Å². The molecule has 2 rings (SSSR count). The number of hydrogen-bond donors (Lipinski definition) is 2. The number of amides is 1. The lowest BCUT2D eigenvalue weighted by molar-refractivity contribution is -0.142. The minimum absolute atomic E-state index is 0.281. The Kier molecular flexibility index (Phi) is 4.74. The molecule has 3 unspecified atom stereocenters. The monoisotopic (exact) mass is 277 g/mol. The molecule has 1 aliphatic carbocycles. The number of rotatable bonds is 5. The van der Waals surface area contributed by atoms with Crippen molar-refractivity contribution in [1.82, 2.24) is 5.32 Å². The maximum atomic E-state index is 12.3. The molecule has 1 aliphatic rings. The van der Waals surface area contributed by atoms with E-state index in [1.807, 2.05) is 30.3 Å². The molecule has 1 fully saturated rings. The van der Waals surface area contributed by atoms with Crippen LogP contribution in [0.1, 0.15) is 30.9 Å². The van der Waals surface area contributed by atoms with Crippen molar-refractivity contribution >= 4 is 11.9 Å². The maximum Gasteiger partial charge on any atom is 0.308 e. The van der Waals surface area contributed by atoms with Crippen LogP contribution >= 0.6 is 0 Å². The van der Waals surface area contributed by atoms with E-state index in [1.54, 1.807) is 0 Å². The minimum Gasteiger partial charge on any atom is -0.481 e. The highest BCUT2D eigenvalue weighted by Crippen LogP contribution is 2.27. The average molecular weight is 277 g/mol. The molecule has 0 bridgehead atoms. The number of carbonyl (C=O) groups excluding carboxylic acids is 1. The molecule has 0 aliphatic heterocycles. The van der Waals surface area contributed by atoms with Crippen LogP contribution in [0.2, 0.25) is 0 Å². The fourth-order valence-electron chi connectivity index (χ4n) is 2.71. The zero-order valence-corrected chi connectivity index (χ0v) is 11.4. The topological polar surface area (TPSA) is 75.6 Å². The van der Waals surface area contributed by atoms with E-state index in [-0.39, 0.29) is 11.9 Å². The molecule has 0 saturated heterocycles. The first-order valence-corrected chi connectivity index (χ1v) is 6.74. The van der Waals surface area contributed by atoms with Gasteiger partial charge in [0.2, 0.25) is 0 Å². The molecule has 108 valence electrons. The first kappa shape index (κ1) is 14.5. The van der Waals surface area contributed by atoms with E-state index in [9.17, 15) is 9.59 Å². The standard InChI is InChI=1S/C15H19NO4/c1-20-13(10-6-3-2-4-7-10)14(17)16-12-9-5-8-11(12)15(18)19/h2-4,6-7,11-13H,5,8-9H2,1H3,(H,16,17)(H,18,19). The quantitative estimate of drug-likeness (QED) is 0.859. The van der Waals surface area contributed by atoms with E-state index >= 15 is 0 Å². The van der Waals surface area contributed by atoms with Crippen molar-refractivity contribution in [3.63, 3.8) is 0 Å². The fraction of sp³-hybridized carbons (Fsp3) is 0.467. The lowest BCUT2D eigenvalue weighted by Crippen LogP contribution is -2.42. The summed E-state index contributed by atoms with van der Waals surface area (Å²) >= 11 is 0. The fourth-order valence-corrected chi connectivity index (χ4v) is 2.71. The number of methoxy groups -OCH3 is 1. The second-order valence-electron chi connectivity index (χ2n) is 5.02. The van der Waals surface area contributed by atoms with Crippen LogP contribution in [0.3, 0.4) is 0 Å². The molecule has 0 radical (unpaired) electrons. The van der Waals surface area contributed by atoms with Crippen molar-refractivity contribution in [2.75, 3.05) is 7.11 Å². The molecule has 5 nitrogen and oxygen atoms in total. The Labute approximate surface area is 117 Å². The lowest BCUT2D eigenvalue weighted by atomic mass is 10.0. The largest absolute Gasteiger partial charge is 0.481 e. The number of nitrogens with one attached hydrogen (secondary N) is 1. The van der Waals surface area contributed by atoms with E-state index in [1.165, 1.54) is 7.11 Å². The van der Waals surface area contributed by atoms with Gasteiger partial charge < -0.3 is 15.2 Å². The van der Waals surface area contributed by atoms with Gasteiger partial charge in [-0.15, -0.1) is 0 Å². The molecule has 1 saturated carbocycles. The number of carbonyl (C=O) groups is 2. The Bertz CT molecular complexity index is 474. The third-order valence-corrected chi connectivity index (χ3v) is 3.74. The number of aliphatic carboxylic acids is 1. The molecular weight excluding hydrogens is 258 g/mol. The number of carboxylic acid groups (broad SMARTS) is 1. The minimum atomic E-state index is -0.846. The molecule has 0 spiro atoms. The first-order chi connectivity index (χ1) is 9.63. The number of hydrogen-bond acceptors (Lipinski definition) is 3. The van der Waals surface area contributed by atoms with E-state index in [4.69, 9.17) is 9.84 Å². The van der Waals surface area contributed by atoms with E-state index in [2.05, 4.69) is 5.32 Å². The van der Waals surface area contributed by atoms with Gasteiger partial charge in [-0.05, 0) is 18.4 Å². The Balaban J connectivity index is 2.05. The Morgan fingerprint density at radius 2 is 2.00 bits per heavy atom. The maximum absolute atomic E-state index is 12.3. The smallest absolute Gasteiger partial charge is 0.308 e. The summed E-state index contributed by atoms with van der Waals surface area (Å²) < 4.78 is 5.24. The van der Waals surface area contributed by atoms with Crippen LogP contribution in [0.5, 0.6) is 0 Å². The van der Waals surface area contributed by atoms with Crippen LogP contribution in [0.25, 0.3) is 0 Å². The van der Waals surface area contributed by atoms with Crippen molar-refractivity contribution in [3.8, 4) is 0 Å². The molecule has 5 heteroatoms. The van der Waals surface area contributed by atoms with E-state index in [0.29, 0.717) is 12.8 Å². The zero-order valence-electron chi connectivity index (χ0n) is 11.4. The lowest BCUT2D eigenvalue weighted by Gasteiger charge is -2.21. The van der Waals surface area contributed by atoms with Crippen molar-refractivity contribution in [1.29, 1.82) is 0 Å². The van der Waals surface area contributed by atoms with Gasteiger partial charge in [-0.25, -0.2) is 0 Å². The summed E-state index contributed by atoms with van der Waals surface area (Å²) in [6, 6.07) is 8.87. The number of carboxylic acids is 1. The summed E-state index contributed by atoms with van der Waals surface area (Å²) in [7, 11) is 1.47. The molecule has 0 aromatic heterocycles. The SMILES string of the molecule is COC(C(=O)NC1CCCC1C(=O)O)c1ccccc1. The Hall–Kier alpha value is -1.88. The van der Waals surface area contributed by atoms with Crippen molar-refractivity contribution < 1.29 is 19.4 Å². The van der Waals surface area contributed by atoms with Crippen LogP contribution < -0.4 is 5.32 Å². The summed E-state index contributed by atoms with van der Waals surface area (Å²) in [5.74, 6) is -1.62. The van der Waals surface area contributed by atoms with Gasteiger partial charge in [0.1, 0.15) is 0 Å². The van der Waals surface area contributed by atoms with Crippen LogP contribution in [0, 0.1) is 5.92 Å². The molecule has 0 heterocycles.